The van der Waals surface area contributed by atoms with Crippen molar-refractivity contribution < 1.29 is 9.90 Å². The van der Waals surface area contributed by atoms with Gasteiger partial charge < -0.3 is 10.4 Å². The predicted molar refractivity (Wildman–Crippen MR) is 73.4 cm³/mol. The van der Waals surface area contributed by atoms with E-state index in [0.29, 0.717) is 6.54 Å². The van der Waals surface area contributed by atoms with Gasteiger partial charge in [0.1, 0.15) is 0 Å². The first-order valence-electron chi connectivity index (χ1n) is 6.48. The van der Waals surface area contributed by atoms with Gasteiger partial charge in [0, 0.05) is 12.5 Å². The highest BCUT2D eigenvalue weighted by Crippen LogP contribution is 2.42. The summed E-state index contributed by atoms with van der Waals surface area (Å²) < 4.78 is 0. The minimum atomic E-state index is -0.593. The Morgan fingerprint density at radius 1 is 1.67 bits per heavy atom. The van der Waals surface area contributed by atoms with Crippen LogP contribution >= 0.6 is 11.3 Å². The number of rotatable bonds is 4. The summed E-state index contributed by atoms with van der Waals surface area (Å²) in [6.45, 7) is 4.61. The third kappa shape index (κ3) is 2.93. The van der Waals surface area contributed by atoms with Gasteiger partial charge in [0.2, 0.25) is 5.91 Å². The Hall–Kier alpha value is -0.870. The third-order valence-electron chi connectivity index (χ3n) is 3.97. The lowest BCUT2D eigenvalue weighted by Gasteiger charge is -2.26. The maximum Gasteiger partial charge on any atom is 0.223 e. The van der Waals surface area contributed by atoms with Crippen LogP contribution in [-0.2, 0) is 4.79 Å². The van der Waals surface area contributed by atoms with Gasteiger partial charge in [-0.1, -0.05) is 20.3 Å². The highest BCUT2D eigenvalue weighted by Gasteiger charge is 2.39. The van der Waals surface area contributed by atoms with Crippen molar-refractivity contribution in [2.45, 2.75) is 39.2 Å². The molecule has 1 heterocycles. The van der Waals surface area contributed by atoms with E-state index in [9.17, 15) is 9.90 Å². The summed E-state index contributed by atoms with van der Waals surface area (Å²) in [6, 6.07) is 1.89. The van der Waals surface area contributed by atoms with Gasteiger partial charge in [0.25, 0.3) is 0 Å². The van der Waals surface area contributed by atoms with Crippen molar-refractivity contribution >= 4 is 17.2 Å². The largest absolute Gasteiger partial charge is 0.387 e. The number of nitrogens with one attached hydrogen (secondary N) is 1. The maximum atomic E-state index is 12.1. The molecule has 0 spiro atoms. The van der Waals surface area contributed by atoms with Gasteiger partial charge in [-0.25, -0.2) is 0 Å². The fourth-order valence-corrected chi connectivity index (χ4v) is 3.42. The van der Waals surface area contributed by atoms with Crippen LogP contribution < -0.4 is 5.32 Å². The molecule has 1 aromatic heterocycles. The van der Waals surface area contributed by atoms with Crippen molar-refractivity contribution in [3.05, 3.63) is 22.4 Å². The lowest BCUT2D eigenvalue weighted by atomic mass is 9.81. The van der Waals surface area contributed by atoms with Crippen molar-refractivity contribution in [2.75, 3.05) is 6.54 Å². The third-order valence-corrected chi connectivity index (χ3v) is 4.67. The molecule has 2 rings (SSSR count). The van der Waals surface area contributed by atoms with E-state index in [1.54, 1.807) is 11.3 Å². The zero-order valence-electron chi connectivity index (χ0n) is 11.0. The van der Waals surface area contributed by atoms with Gasteiger partial charge in [-0.3, -0.25) is 4.79 Å². The molecule has 0 saturated heterocycles. The van der Waals surface area contributed by atoms with Crippen molar-refractivity contribution in [2.24, 2.45) is 11.3 Å². The molecular weight excluding hydrogens is 246 g/mol. The first-order chi connectivity index (χ1) is 8.50. The van der Waals surface area contributed by atoms with Gasteiger partial charge in [-0.15, -0.1) is 0 Å². The van der Waals surface area contributed by atoms with Crippen LogP contribution in [0.3, 0.4) is 0 Å². The number of aliphatic hydroxyl groups excluding tert-OH is 1. The second kappa shape index (κ2) is 5.41. The predicted octanol–water partition coefficient (Wildman–Crippen LogP) is 2.72. The van der Waals surface area contributed by atoms with E-state index in [4.69, 9.17) is 0 Å². The molecule has 0 radical (unpaired) electrons. The second-order valence-corrected chi connectivity index (χ2v) is 6.53. The molecule has 0 bridgehead atoms. The first kappa shape index (κ1) is 13.6. The van der Waals surface area contributed by atoms with Crippen LogP contribution in [0.15, 0.2) is 16.8 Å². The van der Waals surface area contributed by atoms with Crippen molar-refractivity contribution in [1.29, 1.82) is 0 Å². The lowest BCUT2D eigenvalue weighted by molar-refractivity contribution is -0.128. The molecule has 100 valence electrons. The number of carbonyl (C=O) groups is 1. The van der Waals surface area contributed by atoms with E-state index in [-0.39, 0.29) is 17.2 Å². The number of hydrogen-bond acceptors (Lipinski definition) is 3. The number of carbonyl (C=O) groups excluding carboxylic acids is 1. The zero-order chi connectivity index (χ0) is 13.2. The Morgan fingerprint density at radius 2 is 2.44 bits per heavy atom. The number of hydrogen-bond donors (Lipinski definition) is 2. The van der Waals surface area contributed by atoms with Crippen LogP contribution in [-0.4, -0.2) is 17.6 Å². The van der Waals surface area contributed by atoms with Crippen LogP contribution in [0.5, 0.6) is 0 Å². The fraction of sp³-hybridized carbons (Fsp3) is 0.643. The summed E-state index contributed by atoms with van der Waals surface area (Å²) in [4.78, 5) is 12.1. The summed E-state index contributed by atoms with van der Waals surface area (Å²) in [5.41, 5.74) is 0.975. The Bertz CT molecular complexity index is 400. The number of aliphatic hydroxyl groups is 1. The summed E-state index contributed by atoms with van der Waals surface area (Å²) in [6.07, 6.45) is 2.61. The number of amides is 1. The minimum absolute atomic E-state index is 0.0896. The van der Waals surface area contributed by atoms with Crippen LogP contribution in [0, 0.1) is 11.3 Å². The van der Waals surface area contributed by atoms with Crippen LogP contribution in [0.25, 0.3) is 0 Å². The molecule has 1 aliphatic carbocycles. The fourth-order valence-electron chi connectivity index (χ4n) is 2.72. The highest BCUT2D eigenvalue weighted by molar-refractivity contribution is 7.07. The van der Waals surface area contributed by atoms with Gasteiger partial charge in [-0.05, 0) is 40.6 Å². The summed E-state index contributed by atoms with van der Waals surface area (Å²) in [5, 5.41) is 16.7. The van der Waals surface area contributed by atoms with Gasteiger partial charge in [0.15, 0.2) is 0 Å². The zero-order valence-corrected chi connectivity index (χ0v) is 11.8. The minimum Gasteiger partial charge on any atom is -0.387 e. The highest BCUT2D eigenvalue weighted by atomic mass is 32.1. The molecule has 0 aliphatic heterocycles. The molecule has 1 amide bonds. The molecular formula is C14H21NO2S. The maximum absolute atomic E-state index is 12.1. The molecule has 3 nitrogen and oxygen atoms in total. The van der Waals surface area contributed by atoms with Crippen molar-refractivity contribution in [3.8, 4) is 0 Å². The molecule has 1 aromatic rings. The van der Waals surface area contributed by atoms with E-state index >= 15 is 0 Å². The topological polar surface area (TPSA) is 49.3 Å². The van der Waals surface area contributed by atoms with Crippen molar-refractivity contribution in [1.82, 2.24) is 5.32 Å². The Kier molecular flexibility index (Phi) is 4.07. The summed E-state index contributed by atoms with van der Waals surface area (Å²) in [5.74, 6) is 0.180. The van der Waals surface area contributed by atoms with Gasteiger partial charge in [-0.2, -0.15) is 11.3 Å². The van der Waals surface area contributed by atoms with Crippen LogP contribution in [0.4, 0.5) is 0 Å². The SMILES string of the molecule is CC1(C)CCCC1C(=O)NCC(O)c1ccsc1. The van der Waals surface area contributed by atoms with E-state index in [1.807, 2.05) is 16.8 Å². The Balaban J connectivity index is 1.85. The van der Waals surface area contributed by atoms with Crippen LogP contribution in [0.1, 0.15) is 44.8 Å². The lowest BCUT2D eigenvalue weighted by Crippen LogP contribution is -2.38. The Morgan fingerprint density at radius 3 is 3.00 bits per heavy atom. The molecule has 2 unspecified atom stereocenters. The average Bonchev–Trinajstić information content (AvgIpc) is 2.94. The van der Waals surface area contributed by atoms with E-state index in [1.165, 1.54) is 0 Å². The quantitative estimate of drug-likeness (QED) is 0.881. The van der Waals surface area contributed by atoms with E-state index < -0.39 is 6.10 Å². The van der Waals surface area contributed by atoms with Gasteiger partial charge in [0.05, 0.1) is 6.10 Å². The monoisotopic (exact) mass is 267 g/mol. The molecule has 1 saturated carbocycles. The van der Waals surface area contributed by atoms with E-state index in [2.05, 4.69) is 19.2 Å². The smallest absolute Gasteiger partial charge is 0.223 e. The summed E-state index contributed by atoms with van der Waals surface area (Å²) >= 11 is 1.55. The molecule has 0 aromatic carbocycles. The number of thiophene rings is 1. The van der Waals surface area contributed by atoms with Crippen molar-refractivity contribution in [3.63, 3.8) is 0 Å². The second-order valence-electron chi connectivity index (χ2n) is 5.75. The summed E-state index contributed by atoms with van der Waals surface area (Å²) in [7, 11) is 0. The standard InChI is InChI=1S/C14H21NO2S/c1-14(2)6-3-4-11(14)13(17)15-8-12(16)10-5-7-18-9-10/h5,7,9,11-12,16H,3-4,6,8H2,1-2H3,(H,15,17). The molecule has 4 heteroatoms. The molecule has 1 aliphatic rings. The first-order valence-corrected chi connectivity index (χ1v) is 7.43. The molecule has 18 heavy (non-hydrogen) atoms. The van der Waals surface area contributed by atoms with E-state index in [0.717, 1.165) is 24.8 Å². The molecule has 2 atom stereocenters. The molecule has 1 fully saturated rings. The van der Waals surface area contributed by atoms with Crippen LogP contribution in [0.2, 0.25) is 0 Å². The van der Waals surface area contributed by atoms with Gasteiger partial charge >= 0.3 is 0 Å². The average molecular weight is 267 g/mol. The Labute approximate surface area is 112 Å². The molecule has 2 N–H and O–H groups in total. The normalized spacial score (nSPS) is 23.8.